The average molecular weight is 421 g/mol. The summed E-state index contributed by atoms with van der Waals surface area (Å²) in [6, 6.07) is 22.3. The first-order valence-corrected chi connectivity index (χ1v) is 16.7. The van der Waals surface area contributed by atoms with E-state index in [4.69, 9.17) is 0 Å². The third-order valence-electron chi connectivity index (χ3n) is 6.24. The van der Waals surface area contributed by atoms with Crippen molar-refractivity contribution in [1.29, 1.82) is 0 Å². The molecule has 3 heteroatoms. The van der Waals surface area contributed by atoms with E-state index in [1.54, 1.807) is 0 Å². The molecule has 2 rings (SSSR count). The molecule has 0 bridgehead atoms. The van der Waals surface area contributed by atoms with Crippen LogP contribution in [0.25, 0.3) is 0 Å². The van der Waals surface area contributed by atoms with Crippen LogP contribution in [0.5, 0.6) is 0 Å². The number of allylic oxidation sites excluding steroid dienone is 2. The summed E-state index contributed by atoms with van der Waals surface area (Å²) >= 11 is 0. The first-order chi connectivity index (χ1) is 13.5. The zero-order valence-electron chi connectivity index (χ0n) is 18.8. The summed E-state index contributed by atoms with van der Waals surface area (Å²) in [4.78, 5) is 12.8. The van der Waals surface area contributed by atoms with Crippen LogP contribution in [0.4, 0.5) is 0 Å². The maximum atomic E-state index is 12.8. The van der Waals surface area contributed by atoms with E-state index in [0.717, 1.165) is 11.2 Å². The summed E-state index contributed by atoms with van der Waals surface area (Å²) < 4.78 is 0. The van der Waals surface area contributed by atoms with Gasteiger partial charge >= 0.3 is 0 Å². The monoisotopic (exact) mass is 420 g/mol. The molecule has 0 heterocycles. The first-order valence-electron chi connectivity index (χ1n) is 10.5. The van der Waals surface area contributed by atoms with Gasteiger partial charge in [-0.05, 0) is 12.0 Å². The molecule has 0 amide bonds. The van der Waals surface area contributed by atoms with Crippen LogP contribution in [-0.4, -0.2) is 21.9 Å². The van der Waals surface area contributed by atoms with Crippen LogP contribution < -0.4 is 10.4 Å². The topological polar surface area (TPSA) is 17.1 Å². The molecule has 0 saturated heterocycles. The number of Topliss-reactive ketones (excluding diaryl/α,β-unsaturated/α-hetero) is 1. The number of hydrogen-bond donors (Lipinski definition) is 0. The number of carbonyl (C=O) groups excluding carboxylic acids is 1. The predicted octanol–water partition coefficient (Wildman–Crippen LogP) is 5.85. The fraction of sp³-hybridized carbons (Fsp3) is 0.346. The summed E-state index contributed by atoms with van der Waals surface area (Å²) in [6.45, 7) is 20.2. The van der Waals surface area contributed by atoms with Gasteiger partial charge in [0.2, 0.25) is 0 Å². The molecule has 29 heavy (non-hydrogen) atoms. The molecule has 1 atom stereocenters. The Bertz CT molecular complexity index is 851. The molecule has 2 aromatic rings. The number of rotatable bonds is 10. The zero-order valence-corrected chi connectivity index (χ0v) is 20.8. The quantitative estimate of drug-likeness (QED) is 0.348. The number of benzene rings is 2. The molecule has 0 aromatic heterocycles. The van der Waals surface area contributed by atoms with Crippen LogP contribution >= 0.6 is 0 Å². The van der Waals surface area contributed by atoms with E-state index in [1.165, 1.54) is 15.9 Å². The van der Waals surface area contributed by atoms with E-state index in [-0.39, 0.29) is 5.92 Å². The molecule has 0 N–H and O–H groups in total. The van der Waals surface area contributed by atoms with Gasteiger partial charge < -0.3 is 0 Å². The van der Waals surface area contributed by atoms with E-state index in [9.17, 15) is 4.79 Å². The normalized spacial score (nSPS) is 13.0. The Balaban J connectivity index is 1.94. The number of hydrogen-bond acceptors (Lipinski definition) is 1. The molecular weight excluding hydrogens is 384 g/mol. The predicted molar refractivity (Wildman–Crippen MR) is 134 cm³/mol. The molecular formula is C26H36OSi2. The lowest BCUT2D eigenvalue weighted by molar-refractivity contribution is -0.118. The Labute approximate surface area is 179 Å². The second-order valence-electron chi connectivity index (χ2n) is 9.50. The molecule has 0 aliphatic carbocycles. The van der Waals surface area contributed by atoms with Gasteiger partial charge in [-0.25, -0.2) is 0 Å². The van der Waals surface area contributed by atoms with Crippen molar-refractivity contribution in [3.8, 4) is 0 Å². The standard InChI is InChI=1S/C26H36OSi2/c1-21(22(2)20-28(4,5)25-14-10-8-11-15-25)18-24(27)19-23(3)29(6,7)26-16-12-9-13-17-26/h8-17,21H,2-3,18-20H2,1,4-7H3. The van der Waals surface area contributed by atoms with E-state index in [2.05, 4.69) is 101 Å². The van der Waals surface area contributed by atoms with Crippen molar-refractivity contribution in [3.63, 3.8) is 0 Å². The average Bonchev–Trinajstić information content (AvgIpc) is 2.68. The molecule has 1 unspecified atom stereocenters. The van der Waals surface area contributed by atoms with Crippen molar-refractivity contribution in [1.82, 2.24) is 0 Å². The highest BCUT2D eigenvalue weighted by Gasteiger charge is 2.29. The number of ketones is 1. The van der Waals surface area contributed by atoms with Gasteiger partial charge in [0.1, 0.15) is 13.9 Å². The van der Waals surface area contributed by atoms with Gasteiger partial charge in [-0.3, -0.25) is 4.79 Å². The summed E-state index contributed by atoms with van der Waals surface area (Å²) in [5, 5.41) is 3.90. The summed E-state index contributed by atoms with van der Waals surface area (Å²) in [6.07, 6.45) is 1.06. The highest BCUT2D eigenvalue weighted by molar-refractivity contribution is 6.95. The molecule has 154 valence electrons. The van der Waals surface area contributed by atoms with Crippen molar-refractivity contribution in [3.05, 3.63) is 84.6 Å². The van der Waals surface area contributed by atoms with Gasteiger partial charge in [-0.1, -0.05) is 121 Å². The third kappa shape index (κ3) is 6.25. The van der Waals surface area contributed by atoms with E-state index in [1.807, 2.05) is 6.07 Å². The van der Waals surface area contributed by atoms with Crippen molar-refractivity contribution in [2.75, 3.05) is 0 Å². The van der Waals surface area contributed by atoms with Gasteiger partial charge in [0.05, 0.1) is 8.07 Å². The zero-order chi connectivity index (χ0) is 21.7. The van der Waals surface area contributed by atoms with E-state index < -0.39 is 16.1 Å². The molecule has 1 nitrogen and oxygen atoms in total. The Hall–Kier alpha value is -1.98. The molecule has 2 aromatic carbocycles. The van der Waals surface area contributed by atoms with Crippen LogP contribution in [0.3, 0.4) is 0 Å². The van der Waals surface area contributed by atoms with Crippen LogP contribution in [0.2, 0.25) is 32.2 Å². The maximum Gasteiger partial charge on any atom is 0.137 e. The van der Waals surface area contributed by atoms with Gasteiger partial charge in [0.15, 0.2) is 0 Å². The fourth-order valence-corrected chi connectivity index (χ4v) is 8.67. The minimum Gasteiger partial charge on any atom is -0.299 e. The van der Waals surface area contributed by atoms with Crippen molar-refractivity contribution < 1.29 is 4.79 Å². The largest absolute Gasteiger partial charge is 0.299 e. The van der Waals surface area contributed by atoms with Gasteiger partial charge in [0.25, 0.3) is 0 Å². The van der Waals surface area contributed by atoms with Gasteiger partial charge in [0, 0.05) is 12.8 Å². The smallest absolute Gasteiger partial charge is 0.137 e. The highest BCUT2D eigenvalue weighted by atomic mass is 28.3. The molecule has 0 spiro atoms. The Morgan fingerprint density at radius 2 is 1.34 bits per heavy atom. The lowest BCUT2D eigenvalue weighted by Crippen LogP contribution is -2.44. The van der Waals surface area contributed by atoms with Crippen molar-refractivity contribution in [2.24, 2.45) is 5.92 Å². The van der Waals surface area contributed by atoms with Gasteiger partial charge in [-0.2, -0.15) is 0 Å². The van der Waals surface area contributed by atoms with Crippen LogP contribution in [-0.2, 0) is 4.79 Å². The van der Waals surface area contributed by atoms with E-state index >= 15 is 0 Å². The molecule has 0 aliphatic heterocycles. The highest BCUT2D eigenvalue weighted by Crippen LogP contribution is 2.26. The summed E-state index contributed by atoms with van der Waals surface area (Å²) in [5.41, 5.74) is 1.21. The lowest BCUT2D eigenvalue weighted by Gasteiger charge is -2.28. The van der Waals surface area contributed by atoms with Crippen molar-refractivity contribution >= 4 is 32.3 Å². The second-order valence-corrected chi connectivity index (χ2v) is 18.7. The number of carbonyl (C=O) groups is 1. The summed E-state index contributed by atoms with van der Waals surface area (Å²) in [7, 11) is -3.42. The van der Waals surface area contributed by atoms with E-state index in [0.29, 0.717) is 18.6 Å². The Kier molecular flexibility index (Phi) is 7.78. The van der Waals surface area contributed by atoms with Crippen LogP contribution in [0, 0.1) is 5.92 Å². The summed E-state index contributed by atoms with van der Waals surface area (Å²) in [5.74, 6) is 0.506. The maximum absolute atomic E-state index is 12.8. The minimum atomic E-state index is -1.84. The fourth-order valence-electron chi connectivity index (χ4n) is 3.81. The minimum absolute atomic E-state index is 0.215. The molecule has 0 saturated carbocycles. The third-order valence-corrected chi connectivity index (χ3v) is 13.2. The van der Waals surface area contributed by atoms with Gasteiger partial charge in [-0.15, -0.1) is 6.58 Å². The Morgan fingerprint density at radius 1 is 0.862 bits per heavy atom. The second kappa shape index (κ2) is 9.68. The van der Waals surface area contributed by atoms with Crippen LogP contribution in [0.15, 0.2) is 84.6 Å². The first kappa shape index (κ1) is 23.3. The molecule has 0 aliphatic rings. The van der Waals surface area contributed by atoms with Crippen LogP contribution in [0.1, 0.15) is 19.8 Å². The van der Waals surface area contributed by atoms with Crippen molar-refractivity contribution in [2.45, 2.75) is 52.0 Å². The lowest BCUT2D eigenvalue weighted by atomic mass is 9.97. The SMILES string of the molecule is C=C(C[Si](C)(C)c1ccccc1)C(C)CC(=O)CC(=C)[Si](C)(C)c1ccccc1. The molecule has 0 radical (unpaired) electrons. The Morgan fingerprint density at radius 3 is 1.86 bits per heavy atom. The molecule has 0 fully saturated rings.